The Kier molecular flexibility index (Phi) is 4.13. The van der Waals surface area contributed by atoms with E-state index in [0.717, 1.165) is 0 Å². The highest BCUT2D eigenvalue weighted by atomic mass is 35.5. The summed E-state index contributed by atoms with van der Waals surface area (Å²) in [5, 5.41) is 0.398. The monoisotopic (exact) mass is 349 g/mol. The number of nitrogens with zero attached hydrogens (tertiary/aromatic N) is 1. The first-order valence-corrected chi connectivity index (χ1v) is 7.78. The van der Waals surface area contributed by atoms with Crippen LogP contribution in [-0.4, -0.2) is 18.2 Å². The highest BCUT2D eigenvalue weighted by Gasteiger charge is 2.41. The highest BCUT2D eigenvalue weighted by Crippen LogP contribution is 2.43. The van der Waals surface area contributed by atoms with Crippen molar-refractivity contribution in [1.82, 2.24) is 0 Å². The van der Waals surface area contributed by atoms with Gasteiger partial charge in [-0.2, -0.15) is 0 Å². The minimum atomic E-state index is -3.08. The third kappa shape index (κ3) is 2.91. The van der Waals surface area contributed by atoms with E-state index >= 15 is 0 Å². The van der Waals surface area contributed by atoms with Crippen LogP contribution in [-0.2, 0) is 5.92 Å². The van der Waals surface area contributed by atoms with Gasteiger partial charge in [0.25, 0.3) is 11.8 Å². The Bertz CT molecular complexity index is 836. The van der Waals surface area contributed by atoms with Crippen molar-refractivity contribution in [2.75, 3.05) is 11.4 Å². The van der Waals surface area contributed by atoms with Gasteiger partial charge >= 0.3 is 0 Å². The molecule has 1 aliphatic rings. The van der Waals surface area contributed by atoms with E-state index in [1.165, 1.54) is 36.1 Å². The van der Waals surface area contributed by atoms with Crippen LogP contribution in [0.5, 0.6) is 0 Å². The van der Waals surface area contributed by atoms with Crippen molar-refractivity contribution < 1.29 is 18.4 Å². The topological polar surface area (TPSA) is 37.4 Å². The van der Waals surface area contributed by atoms with Crippen molar-refractivity contribution in [3.63, 3.8) is 0 Å². The molecular weight excluding hydrogens is 336 g/mol. The third-order valence-corrected chi connectivity index (χ3v) is 4.29. The predicted molar refractivity (Wildman–Crippen MR) is 88.1 cm³/mol. The van der Waals surface area contributed by atoms with Gasteiger partial charge < -0.3 is 4.90 Å². The van der Waals surface area contributed by atoms with Gasteiger partial charge in [0.05, 0.1) is 5.69 Å². The number of benzene rings is 2. The van der Waals surface area contributed by atoms with Crippen LogP contribution in [0.15, 0.2) is 42.5 Å². The van der Waals surface area contributed by atoms with E-state index < -0.39 is 18.3 Å². The van der Waals surface area contributed by atoms with Crippen LogP contribution < -0.4 is 4.90 Å². The number of rotatable bonds is 2. The van der Waals surface area contributed by atoms with Crippen molar-refractivity contribution in [1.29, 1.82) is 0 Å². The first-order chi connectivity index (χ1) is 11.3. The molecule has 6 heteroatoms. The number of Topliss-reactive ketones (excluding diaryl/α,β-unsaturated/α-hetero) is 1. The van der Waals surface area contributed by atoms with Crippen LogP contribution >= 0.6 is 11.6 Å². The quantitative estimate of drug-likeness (QED) is 0.738. The molecule has 0 saturated heterocycles. The second kappa shape index (κ2) is 5.98. The van der Waals surface area contributed by atoms with Gasteiger partial charge in [0.1, 0.15) is 0 Å². The summed E-state index contributed by atoms with van der Waals surface area (Å²) in [4.78, 5) is 25.5. The molecule has 0 aliphatic carbocycles. The Balaban J connectivity index is 2.07. The summed E-state index contributed by atoms with van der Waals surface area (Å²) < 4.78 is 28.5. The molecule has 1 aliphatic heterocycles. The second-order valence-corrected chi connectivity index (χ2v) is 6.15. The fraction of sp³-hybridized carbons (Fsp3) is 0.222. The van der Waals surface area contributed by atoms with Crippen molar-refractivity contribution in [2.45, 2.75) is 19.3 Å². The molecule has 0 bridgehead atoms. The molecule has 2 aromatic rings. The molecule has 0 saturated carbocycles. The Labute approximate surface area is 142 Å². The third-order valence-electron chi connectivity index (χ3n) is 4.05. The smallest absolute Gasteiger partial charge is 0.276 e. The molecule has 0 atom stereocenters. The van der Waals surface area contributed by atoms with Crippen LogP contribution in [0.25, 0.3) is 0 Å². The molecule has 2 aromatic carbocycles. The average molecular weight is 350 g/mol. The molecule has 0 radical (unpaired) electrons. The predicted octanol–water partition coefficient (Wildman–Crippen LogP) is 4.68. The van der Waals surface area contributed by atoms with Crippen LogP contribution in [0.3, 0.4) is 0 Å². The lowest BCUT2D eigenvalue weighted by Gasteiger charge is -2.34. The zero-order valence-electron chi connectivity index (χ0n) is 12.9. The summed E-state index contributed by atoms with van der Waals surface area (Å²) in [6.45, 7) is 1.21. The number of hydrogen-bond acceptors (Lipinski definition) is 2. The molecule has 0 N–H and O–H groups in total. The van der Waals surface area contributed by atoms with E-state index in [2.05, 4.69) is 0 Å². The van der Waals surface area contributed by atoms with E-state index in [9.17, 15) is 18.4 Å². The van der Waals surface area contributed by atoms with Crippen molar-refractivity contribution in [3.8, 4) is 0 Å². The van der Waals surface area contributed by atoms with E-state index in [1.807, 2.05) is 0 Å². The molecular formula is C18H14ClF2NO2. The SMILES string of the molecule is CC(=O)c1ccc2c(c1)C(F)(F)CCN2C(=O)c1cccc(Cl)c1. The largest absolute Gasteiger partial charge is 0.308 e. The second-order valence-electron chi connectivity index (χ2n) is 5.71. The number of carbonyl (C=O) groups excluding carboxylic acids is 2. The molecule has 1 amide bonds. The molecule has 124 valence electrons. The van der Waals surface area contributed by atoms with Gasteiger partial charge in [-0.05, 0) is 43.3 Å². The Morgan fingerprint density at radius 3 is 2.54 bits per heavy atom. The Morgan fingerprint density at radius 2 is 1.88 bits per heavy atom. The zero-order chi connectivity index (χ0) is 17.5. The van der Waals surface area contributed by atoms with Gasteiger partial charge in [0.2, 0.25) is 0 Å². The number of ketones is 1. The molecule has 3 nitrogen and oxygen atoms in total. The molecule has 0 aromatic heterocycles. The van der Waals surface area contributed by atoms with E-state index in [0.29, 0.717) is 10.6 Å². The zero-order valence-corrected chi connectivity index (χ0v) is 13.6. The number of carbonyl (C=O) groups is 2. The van der Waals surface area contributed by atoms with Gasteiger partial charge in [0, 0.05) is 34.7 Å². The molecule has 3 rings (SSSR count). The number of amides is 1. The van der Waals surface area contributed by atoms with Gasteiger partial charge in [-0.25, -0.2) is 8.78 Å². The van der Waals surface area contributed by atoms with Crippen molar-refractivity contribution in [2.24, 2.45) is 0 Å². The first kappa shape index (κ1) is 16.6. The minimum Gasteiger partial charge on any atom is -0.308 e. The molecule has 0 unspecified atom stereocenters. The maximum Gasteiger partial charge on any atom is 0.276 e. The number of fused-ring (bicyclic) bond motifs is 1. The van der Waals surface area contributed by atoms with E-state index in [4.69, 9.17) is 11.6 Å². The molecule has 24 heavy (non-hydrogen) atoms. The molecule has 0 spiro atoms. The Hall–Kier alpha value is -2.27. The first-order valence-electron chi connectivity index (χ1n) is 7.40. The summed E-state index contributed by atoms with van der Waals surface area (Å²) in [7, 11) is 0. The summed E-state index contributed by atoms with van der Waals surface area (Å²) in [6, 6.07) is 10.4. The van der Waals surface area contributed by atoms with Crippen LogP contribution in [0.2, 0.25) is 5.02 Å². The number of alkyl halides is 2. The van der Waals surface area contributed by atoms with E-state index in [1.54, 1.807) is 18.2 Å². The van der Waals surface area contributed by atoms with Gasteiger partial charge in [-0.1, -0.05) is 17.7 Å². The summed E-state index contributed by atoms with van der Waals surface area (Å²) in [5.41, 5.74) is 0.359. The number of anilines is 1. The highest BCUT2D eigenvalue weighted by molar-refractivity contribution is 6.31. The number of halogens is 3. The van der Waals surface area contributed by atoms with Crippen molar-refractivity contribution in [3.05, 3.63) is 64.2 Å². The lowest BCUT2D eigenvalue weighted by atomic mass is 9.94. The van der Waals surface area contributed by atoms with Gasteiger partial charge in [-0.3, -0.25) is 9.59 Å². The fourth-order valence-corrected chi connectivity index (χ4v) is 2.97. The van der Waals surface area contributed by atoms with Crippen LogP contribution in [0, 0.1) is 0 Å². The maximum absolute atomic E-state index is 14.3. The van der Waals surface area contributed by atoms with Crippen LogP contribution in [0.4, 0.5) is 14.5 Å². The standard InChI is InChI=1S/C18H14ClF2NO2/c1-11(23)12-5-6-16-15(10-12)18(20,21)7-8-22(16)17(24)13-3-2-4-14(19)9-13/h2-6,9-10H,7-8H2,1H3. The number of hydrogen-bond donors (Lipinski definition) is 0. The Morgan fingerprint density at radius 1 is 1.12 bits per heavy atom. The van der Waals surface area contributed by atoms with E-state index in [-0.39, 0.29) is 29.1 Å². The lowest BCUT2D eigenvalue weighted by Crippen LogP contribution is -2.40. The summed E-state index contributed by atoms with van der Waals surface area (Å²) in [5.74, 6) is -3.77. The molecule has 1 heterocycles. The van der Waals surface area contributed by atoms with Gasteiger partial charge in [-0.15, -0.1) is 0 Å². The average Bonchev–Trinajstić information content (AvgIpc) is 2.54. The lowest BCUT2D eigenvalue weighted by molar-refractivity contribution is -0.0147. The summed E-state index contributed by atoms with van der Waals surface area (Å²) in [6.07, 6.45) is -0.492. The normalized spacial score (nSPS) is 15.8. The summed E-state index contributed by atoms with van der Waals surface area (Å²) >= 11 is 5.90. The van der Waals surface area contributed by atoms with Crippen molar-refractivity contribution >= 4 is 29.0 Å². The fourth-order valence-electron chi connectivity index (χ4n) is 2.78. The maximum atomic E-state index is 14.3. The minimum absolute atomic E-state index is 0.106. The van der Waals surface area contributed by atoms with Gasteiger partial charge in [0.15, 0.2) is 5.78 Å². The molecule has 0 fully saturated rings. The van der Waals surface area contributed by atoms with Crippen LogP contribution in [0.1, 0.15) is 39.6 Å².